The Bertz CT molecular complexity index is 528. The zero-order valence-electron chi connectivity index (χ0n) is 14.1. The minimum absolute atomic E-state index is 0.0127. The van der Waals surface area contributed by atoms with E-state index in [9.17, 15) is 4.79 Å². The monoisotopic (exact) mass is 304 g/mol. The van der Waals surface area contributed by atoms with Gasteiger partial charge < -0.3 is 15.8 Å². The van der Waals surface area contributed by atoms with Crippen LogP contribution in [0.15, 0.2) is 18.2 Å². The van der Waals surface area contributed by atoms with E-state index in [-0.39, 0.29) is 23.9 Å². The van der Waals surface area contributed by atoms with E-state index in [2.05, 4.69) is 25.2 Å². The third-order valence-corrected chi connectivity index (χ3v) is 4.56. The zero-order valence-corrected chi connectivity index (χ0v) is 14.1. The average Bonchev–Trinajstić information content (AvgIpc) is 2.53. The Balaban J connectivity index is 2.26. The summed E-state index contributed by atoms with van der Waals surface area (Å²) in [6.45, 7) is 8.76. The minimum Gasteiger partial charge on any atom is -0.493 e. The van der Waals surface area contributed by atoms with Crippen molar-refractivity contribution in [3.63, 3.8) is 0 Å². The van der Waals surface area contributed by atoms with Gasteiger partial charge in [-0.1, -0.05) is 40.2 Å². The van der Waals surface area contributed by atoms with E-state index in [0.717, 1.165) is 29.7 Å². The molecule has 0 saturated heterocycles. The molecule has 1 aliphatic heterocycles. The number of amides is 1. The second-order valence-electron chi connectivity index (χ2n) is 6.56. The summed E-state index contributed by atoms with van der Waals surface area (Å²) in [5.74, 6) is 1.35. The summed E-state index contributed by atoms with van der Waals surface area (Å²) in [4.78, 5) is 12.0. The van der Waals surface area contributed by atoms with E-state index in [1.807, 2.05) is 26.0 Å². The van der Waals surface area contributed by atoms with Crippen molar-refractivity contribution in [2.24, 2.45) is 17.6 Å². The van der Waals surface area contributed by atoms with Crippen molar-refractivity contribution in [1.82, 2.24) is 5.32 Å². The molecule has 1 aliphatic rings. The highest BCUT2D eigenvalue weighted by Crippen LogP contribution is 2.35. The van der Waals surface area contributed by atoms with Gasteiger partial charge in [-0.2, -0.15) is 0 Å². The lowest BCUT2D eigenvalue weighted by Gasteiger charge is -2.29. The standard InChI is InChI=1S/C18H28N2O2/c1-5-12(4)17(19)13-6-7-16-14(10-13)15(8-9-22-16)20-18(21)11(2)3/h6-7,10-12,15,17H,5,8-9,19H2,1-4H3,(H,20,21). The highest BCUT2D eigenvalue weighted by Gasteiger charge is 2.25. The first kappa shape index (κ1) is 16.8. The fraction of sp³-hybridized carbons (Fsp3) is 0.611. The summed E-state index contributed by atoms with van der Waals surface area (Å²) in [6.07, 6.45) is 1.84. The molecule has 0 radical (unpaired) electrons. The van der Waals surface area contributed by atoms with Crippen LogP contribution >= 0.6 is 0 Å². The number of ether oxygens (including phenoxy) is 1. The minimum atomic E-state index is -0.0168. The fourth-order valence-electron chi connectivity index (χ4n) is 2.69. The summed E-state index contributed by atoms with van der Waals surface area (Å²) in [5.41, 5.74) is 8.51. The molecule has 22 heavy (non-hydrogen) atoms. The van der Waals surface area contributed by atoms with Gasteiger partial charge in [-0.15, -0.1) is 0 Å². The van der Waals surface area contributed by atoms with Crippen LogP contribution < -0.4 is 15.8 Å². The highest BCUT2D eigenvalue weighted by molar-refractivity contribution is 5.78. The number of benzene rings is 1. The molecule has 0 aliphatic carbocycles. The average molecular weight is 304 g/mol. The first-order valence-electron chi connectivity index (χ1n) is 8.26. The molecule has 0 fully saturated rings. The van der Waals surface area contributed by atoms with E-state index in [0.29, 0.717) is 12.5 Å². The van der Waals surface area contributed by atoms with Gasteiger partial charge in [0, 0.05) is 23.9 Å². The Morgan fingerprint density at radius 1 is 1.41 bits per heavy atom. The molecule has 0 spiro atoms. The number of carbonyl (C=O) groups is 1. The quantitative estimate of drug-likeness (QED) is 0.877. The number of nitrogens with one attached hydrogen (secondary N) is 1. The molecule has 4 heteroatoms. The maximum Gasteiger partial charge on any atom is 0.223 e. The van der Waals surface area contributed by atoms with Crippen LogP contribution in [0.2, 0.25) is 0 Å². The van der Waals surface area contributed by atoms with E-state index in [4.69, 9.17) is 10.5 Å². The predicted molar refractivity (Wildman–Crippen MR) is 88.7 cm³/mol. The van der Waals surface area contributed by atoms with Gasteiger partial charge in [-0.05, 0) is 23.6 Å². The second kappa shape index (κ2) is 7.14. The number of carbonyl (C=O) groups excluding carboxylic acids is 1. The van der Waals surface area contributed by atoms with Gasteiger partial charge in [0.1, 0.15) is 5.75 Å². The molecule has 122 valence electrons. The van der Waals surface area contributed by atoms with Gasteiger partial charge in [-0.25, -0.2) is 0 Å². The molecule has 4 nitrogen and oxygen atoms in total. The number of hydrogen-bond donors (Lipinski definition) is 2. The Morgan fingerprint density at radius 2 is 2.14 bits per heavy atom. The number of nitrogens with two attached hydrogens (primary N) is 1. The molecular weight excluding hydrogens is 276 g/mol. The van der Waals surface area contributed by atoms with Crippen LogP contribution in [0.5, 0.6) is 5.75 Å². The highest BCUT2D eigenvalue weighted by atomic mass is 16.5. The molecule has 1 aromatic carbocycles. The topological polar surface area (TPSA) is 64.3 Å². The van der Waals surface area contributed by atoms with Crippen LogP contribution in [0, 0.1) is 11.8 Å². The molecule has 0 bridgehead atoms. The second-order valence-corrected chi connectivity index (χ2v) is 6.56. The van der Waals surface area contributed by atoms with Crippen molar-refractivity contribution < 1.29 is 9.53 Å². The molecule has 0 aromatic heterocycles. The van der Waals surface area contributed by atoms with Crippen molar-refractivity contribution in [1.29, 1.82) is 0 Å². The van der Waals surface area contributed by atoms with Crippen LogP contribution in [0.25, 0.3) is 0 Å². The maximum absolute atomic E-state index is 12.0. The normalized spacial score (nSPS) is 20.0. The number of hydrogen-bond acceptors (Lipinski definition) is 3. The van der Waals surface area contributed by atoms with Gasteiger partial charge in [0.05, 0.1) is 12.6 Å². The fourth-order valence-corrected chi connectivity index (χ4v) is 2.69. The lowest BCUT2D eigenvalue weighted by atomic mass is 9.90. The molecule has 1 amide bonds. The van der Waals surface area contributed by atoms with Crippen molar-refractivity contribution >= 4 is 5.91 Å². The molecule has 1 heterocycles. The van der Waals surface area contributed by atoms with Crippen molar-refractivity contribution in [3.05, 3.63) is 29.3 Å². The maximum atomic E-state index is 12.0. The molecule has 2 rings (SSSR count). The van der Waals surface area contributed by atoms with Crippen LogP contribution in [0.3, 0.4) is 0 Å². The summed E-state index contributed by atoms with van der Waals surface area (Å²) in [7, 11) is 0. The molecule has 3 unspecified atom stereocenters. The first-order valence-corrected chi connectivity index (χ1v) is 8.26. The van der Waals surface area contributed by atoms with Crippen molar-refractivity contribution in [2.75, 3.05) is 6.61 Å². The summed E-state index contributed by atoms with van der Waals surface area (Å²) in [6, 6.07) is 6.17. The zero-order chi connectivity index (χ0) is 16.3. The van der Waals surface area contributed by atoms with E-state index >= 15 is 0 Å². The Morgan fingerprint density at radius 3 is 2.77 bits per heavy atom. The Labute approximate surface area is 133 Å². The van der Waals surface area contributed by atoms with Gasteiger partial charge in [0.15, 0.2) is 0 Å². The first-order chi connectivity index (χ1) is 10.4. The van der Waals surface area contributed by atoms with E-state index in [1.165, 1.54) is 0 Å². The largest absolute Gasteiger partial charge is 0.493 e. The van der Waals surface area contributed by atoms with Gasteiger partial charge in [0.25, 0.3) is 0 Å². The summed E-state index contributed by atoms with van der Waals surface area (Å²) >= 11 is 0. The molecule has 1 aromatic rings. The third-order valence-electron chi connectivity index (χ3n) is 4.56. The van der Waals surface area contributed by atoms with Crippen LogP contribution in [-0.2, 0) is 4.79 Å². The van der Waals surface area contributed by atoms with Crippen LogP contribution in [-0.4, -0.2) is 12.5 Å². The summed E-state index contributed by atoms with van der Waals surface area (Å²) in [5, 5.41) is 3.12. The van der Waals surface area contributed by atoms with Gasteiger partial charge in [-0.3, -0.25) is 4.79 Å². The number of rotatable bonds is 5. The SMILES string of the molecule is CCC(C)C(N)c1ccc2c(c1)C(NC(=O)C(C)C)CCO2. The van der Waals surface area contributed by atoms with Crippen LogP contribution in [0.4, 0.5) is 0 Å². The molecule has 0 saturated carbocycles. The van der Waals surface area contributed by atoms with Crippen LogP contribution in [0.1, 0.15) is 63.7 Å². The van der Waals surface area contributed by atoms with Gasteiger partial charge in [0.2, 0.25) is 5.91 Å². The van der Waals surface area contributed by atoms with Crippen molar-refractivity contribution in [2.45, 2.75) is 52.6 Å². The molecule has 3 atom stereocenters. The Hall–Kier alpha value is -1.55. The predicted octanol–water partition coefficient (Wildman–Crippen LogP) is 3.33. The lowest BCUT2D eigenvalue weighted by Crippen LogP contribution is -2.34. The third kappa shape index (κ3) is 3.61. The smallest absolute Gasteiger partial charge is 0.223 e. The molecule has 3 N–H and O–H groups in total. The van der Waals surface area contributed by atoms with Crippen molar-refractivity contribution in [3.8, 4) is 5.75 Å². The molecular formula is C18H28N2O2. The lowest BCUT2D eigenvalue weighted by molar-refractivity contribution is -0.124. The summed E-state index contributed by atoms with van der Waals surface area (Å²) < 4.78 is 5.73. The van der Waals surface area contributed by atoms with E-state index < -0.39 is 0 Å². The Kier molecular flexibility index (Phi) is 5.46. The van der Waals surface area contributed by atoms with E-state index in [1.54, 1.807) is 0 Å². The number of fused-ring (bicyclic) bond motifs is 1. The van der Waals surface area contributed by atoms with Gasteiger partial charge >= 0.3 is 0 Å².